The molecule has 0 heterocycles. The fraction of sp³-hybridized carbons (Fsp3) is 0.562. The van der Waals surface area contributed by atoms with Crippen LogP contribution in [-0.2, 0) is 6.42 Å². The van der Waals surface area contributed by atoms with E-state index in [1.165, 1.54) is 5.56 Å². The minimum atomic E-state index is 0.750. The molecule has 6 heteroatoms. The van der Waals surface area contributed by atoms with Crippen molar-refractivity contribution < 1.29 is 9.47 Å². The first-order chi connectivity index (χ1) is 10.5. The number of thiocarbonyl (C=S) groups is 1. The van der Waals surface area contributed by atoms with Gasteiger partial charge in [-0.3, -0.25) is 0 Å². The Morgan fingerprint density at radius 3 is 2.36 bits per heavy atom. The molecule has 0 spiro atoms. The largest absolute Gasteiger partial charge is 0.493 e. The molecule has 0 radical (unpaired) electrons. The number of rotatable bonds is 8. The first kappa shape index (κ1) is 18.5. The molecule has 22 heavy (non-hydrogen) atoms. The third kappa shape index (κ3) is 6.07. The van der Waals surface area contributed by atoms with Crippen LogP contribution in [0.3, 0.4) is 0 Å². The number of hydrogen-bond acceptors (Lipinski definition) is 4. The molecule has 1 rings (SSSR count). The van der Waals surface area contributed by atoms with Crippen molar-refractivity contribution in [3.05, 3.63) is 23.8 Å². The molecule has 0 saturated heterocycles. The zero-order valence-electron chi connectivity index (χ0n) is 14.2. The third-order valence-electron chi connectivity index (χ3n) is 3.37. The van der Waals surface area contributed by atoms with E-state index in [4.69, 9.17) is 21.7 Å². The van der Waals surface area contributed by atoms with Gasteiger partial charge in [-0.2, -0.15) is 0 Å². The second-order valence-electron chi connectivity index (χ2n) is 5.40. The van der Waals surface area contributed by atoms with Crippen molar-refractivity contribution in [2.24, 2.45) is 0 Å². The maximum absolute atomic E-state index is 5.38. The van der Waals surface area contributed by atoms with Gasteiger partial charge in [-0.15, -0.1) is 0 Å². The average Bonchev–Trinajstić information content (AvgIpc) is 2.51. The Bertz CT molecular complexity index is 480. The normalized spacial score (nSPS) is 10.5. The Morgan fingerprint density at radius 1 is 1.09 bits per heavy atom. The van der Waals surface area contributed by atoms with Crippen molar-refractivity contribution in [2.45, 2.75) is 6.42 Å². The number of nitrogens with zero attached hydrogens (tertiary/aromatic N) is 2. The van der Waals surface area contributed by atoms with E-state index < -0.39 is 0 Å². The lowest BCUT2D eigenvalue weighted by atomic mass is 10.1. The SMILES string of the molecule is COc1ccc(CCN(C)C(=S)NCCN(C)C)cc1OC. The number of benzene rings is 1. The summed E-state index contributed by atoms with van der Waals surface area (Å²) >= 11 is 5.38. The van der Waals surface area contributed by atoms with Gasteiger partial charge in [0, 0.05) is 26.7 Å². The van der Waals surface area contributed by atoms with E-state index in [-0.39, 0.29) is 0 Å². The lowest BCUT2D eigenvalue weighted by Gasteiger charge is -2.22. The van der Waals surface area contributed by atoms with Crippen molar-refractivity contribution in [1.29, 1.82) is 0 Å². The zero-order valence-corrected chi connectivity index (χ0v) is 15.0. The minimum Gasteiger partial charge on any atom is -0.493 e. The van der Waals surface area contributed by atoms with Gasteiger partial charge in [0.15, 0.2) is 16.6 Å². The molecule has 1 aromatic rings. The molecule has 0 aliphatic rings. The summed E-state index contributed by atoms with van der Waals surface area (Å²) < 4.78 is 10.6. The highest BCUT2D eigenvalue weighted by Gasteiger charge is 2.07. The number of nitrogens with one attached hydrogen (secondary N) is 1. The second kappa shape index (κ2) is 9.48. The van der Waals surface area contributed by atoms with Crippen molar-refractivity contribution in [3.8, 4) is 11.5 Å². The molecular formula is C16H27N3O2S. The fourth-order valence-electron chi connectivity index (χ4n) is 1.96. The Kier molecular flexibility index (Phi) is 7.98. The molecule has 0 aromatic heterocycles. The van der Waals surface area contributed by atoms with E-state index in [0.29, 0.717) is 0 Å². The zero-order chi connectivity index (χ0) is 16.5. The van der Waals surface area contributed by atoms with Crippen LogP contribution in [-0.4, -0.2) is 69.9 Å². The van der Waals surface area contributed by atoms with E-state index in [1.54, 1.807) is 14.2 Å². The fourth-order valence-corrected chi connectivity index (χ4v) is 2.15. The van der Waals surface area contributed by atoms with Crippen molar-refractivity contribution >= 4 is 17.3 Å². The first-order valence-corrected chi connectivity index (χ1v) is 7.73. The van der Waals surface area contributed by atoms with Gasteiger partial charge in [-0.25, -0.2) is 0 Å². The van der Waals surface area contributed by atoms with Gasteiger partial charge >= 0.3 is 0 Å². The highest BCUT2D eigenvalue weighted by molar-refractivity contribution is 7.80. The van der Waals surface area contributed by atoms with Crippen LogP contribution in [0.2, 0.25) is 0 Å². The summed E-state index contributed by atoms with van der Waals surface area (Å²) in [6, 6.07) is 5.99. The highest BCUT2D eigenvalue weighted by atomic mass is 32.1. The van der Waals surface area contributed by atoms with E-state index >= 15 is 0 Å². The van der Waals surface area contributed by atoms with Gasteiger partial charge in [-0.1, -0.05) is 6.07 Å². The number of hydrogen-bond donors (Lipinski definition) is 1. The van der Waals surface area contributed by atoms with Gasteiger partial charge < -0.3 is 24.6 Å². The first-order valence-electron chi connectivity index (χ1n) is 7.32. The van der Waals surface area contributed by atoms with Crippen LogP contribution in [0, 0.1) is 0 Å². The molecule has 5 nitrogen and oxygen atoms in total. The third-order valence-corrected chi connectivity index (χ3v) is 3.82. The van der Waals surface area contributed by atoms with Crippen LogP contribution in [0.25, 0.3) is 0 Å². The molecule has 124 valence electrons. The lowest BCUT2D eigenvalue weighted by molar-refractivity contribution is 0.354. The monoisotopic (exact) mass is 325 g/mol. The van der Waals surface area contributed by atoms with Gasteiger partial charge in [-0.05, 0) is 50.4 Å². The summed E-state index contributed by atoms with van der Waals surface area (Å²) in [5.41, 5.74) is 1.19. The highest BCUT2D eigenvalue weighted by Crippen LogP contribution is 2.27. The lowest BCUT2D eigenvalue weighted by Crippen LogP contribution is -2.40. The average molecular weight is 325 g/mol. The molecule has 0 atom stereocenters. The van der Waals surface area contributed by atoms with Gasteiger partial charge in [0.1, 0.15) is 0 Å². The van der Waals surface area contributed by atoms with Crippen molar-refractivity contribution in [3.63, 3.8) is 0 Å². The molecule has 0 aliphatic heterocycles. The van der Waals surface area contributed by atoms with Crippen molar-refractivity contribution in [1.82, 2.24) is 15.1 Å². The minimum absolute atomic E-state index is 0.750. The summed E-state index contributed by atoms with van der Waals surface area (Å²) in [6.45, 7) is 2.67. The maximum atomic E-state index is 5.38. The van der Waals surface area contributed by atoms with Crippen LogP contribution in [0.1, 0.15) is 5.56 Å². The van der Waals surface area contributed by atoms with Crippen LogP contribution in [0.5, 0.6) is 11.5 Å². The van der Waals surface area contributed by atoms with Gasteiger partial charge in [0.2, 0.25) is 0 Å². The molecule has 1 aromatic carbocycles. The van der Waals surface area contributed by atoms with Crippen LogP contribution in [0.4, 0.5) is 0 Å². The summed E-state index contributed by atoms with van der Waals surface area (Å²) in [5.74, 6) is 1.51. The second-order valence-corrected chi connectivity index (χ2v) is 5.78. The van der Waals surface area contributed by atoms with Gasteiger partial charge in [0.25, 0.3) is 0 Å². The molecule has 1 N–H and O–H groups in total. The molecule has 0 amide bonds. The summed E-state index contributed by atoms with van der Waals surface area (Å²) in [4.78, 5) is 4.18. The van der Waals surface area contributed by atoms with E-state index in [1.807, 2.05) is 33.3 Å². The van der Waals surface area contributed by atoms with Crippen molar-refractivity contribution in [2.75, 3.05) is 55.0 Å². The molecule has 0 unspecified atom stereocenters. The Balaban J connectivity index is 2.46. The Hall–Kier alpha value is -1.53. The van der Waals surface area contributed by atoms with Crippen LogP contribution < -0.4 is 14.8 Å². The number of likely N-dealkylation sites (N-methyl/N-ethyl adjacent to an activating group) is 2. The topological polar surface area (TPSA) is 37.0 Å². The smallest absolute Gasteiger partial charge is 0.168 e. The number of methoxy groups -OCH3 is 2. The summed E-state index contributed by atoms with van der Waals surface area (Å²) in [7, 11) is 9.39. The standard InChI is InChI=1S/C16H27N3O2S/c1-18(2)11-9-17-16(22)19(3)10-8-13-6-7-14(20-4)15(12-13)21-5/h6-7,12H,8-11H2,1-5H3,(H,17,22). The molecule has 0 fully saturated rings. The summed E-state index contributed by atoms with van der Waals surface area (Å²) in [6.07, 6.45) is 0.895. The Labute approximate surface area is 139 Å². The molecule has 0 saturated carbocycles. The van der Waals surface area contributed by atoms with Gasteiger partial charge in [0.05, 0.1) is 14.2 Å². The molecular weight excluding hydrogens is 298 g/mol. The maximum Gasteiger partial charge on any atom is 0.168 e. The van der Waals surface area contributed by atoms with E-state index in [2.05, 4.69) is 21.2 Å². The Morgan fingerprint density at radius 2 is 1.77 bits per heavy atom. The quantitative estimate of drug-likeness (QED) is 0.732. The van der Waals surface area contributed by atoms with Crippen LogP contribution >= 0.6 is 12.2 Å². The van der Waals surface area contributed by atoms with E-state index in [0.717, 1.165) is 42.7 Å². The molecule has 0 bridgehead atoms. The predicted molar refractivity (Wildman–Crippen MR) is 95.0 cm³/mol. The number of ether oxygens (including phenoxy) is 2. The van der Waals surface area contributed by atoms with E-state index in [9.17, 15) is 0 Å². The molecule has 0 aliphatic carbocycles. The summed E-state index contributed by atoms with van der Waals surface area (Å²) in [5, 5.41) is 4.04. The predicted octanol–water partition coefficient (Wildman–Crippen LogP) is 1.61. The van der Waals surface area contributed by atoms with Crippen LogP contribution in [0.15, 0.2) is 18.2 Å².